The summed E-state index contributed by atoms with van der Waals surface area (Å²) in [6.07, 6.45) is 0.930. The summed E-state index contributed by atoms with van der Waals surface area (Å²) in [6, 6.07) is 11.3. The smallest absolute Gasteiger partial charge is 0.268 e. The Morgan fingerprint density at radius 3 is 2.66 bits per heavy atom. The standard InChI is InChI=1S/C27H26FN5O4S/c1-2-17(31-26(37)21-13-15-16(28)6-5-8-18(15)30-21)25(36)32-20(12-14-10-11-29-24(14)35)23(34)27-33-19-7-3-4-9-22(19)38-27/h3-9,13-14,17,20,30H,2,10-12H2,1H3,(H,29,35)(H,31,37)(H,32,36)/t14-,17-,20?/m0/s1. The molecule has 1 unspecified atom stereocenters. The van der Waals surface area contributed by atoms with Gasteiger partial charge in [0.15, 0.2) is 5.01 Å². The fraction of sp³-hybridized carbons (Fsp3) is 0.296. The van der Waals surface area contributed by atoms with Crippen LogP contribution in [0, 0.1) is 11.7 Å². The molecule has 1 saturated heterocycles. The molecule has 3 heterocycles. The van der Waals surface area contributed by atoms with Gasteiger partial charge in [-0.25, -0.2) is 9.37 Å². The van der Waals surface area contributed by atoms with Crippen molar-refractivity contribution in [3.63, 3.8) is 0 Å². The van der Waals surface area contributed by atoms with Crippen molar-refractivity contribution in [1.29, 1.82) is 0 Å². The number of fused-ring (bicyclic) bond motifs is 2. The Morgan fingerprint density at radius 2 is 1.95 bits per heavy atom. The van der Waals surface area contributed by atoms with Gasteiger partial charge in [-0.3, -0.25) is 19.2 Å². The van der Waals surface area contributed by atoms with Crippen LogP contribution in [-0.2, 0) is 9.59 Å². The van der Waals surface area contributed by atoms with E-state index in [4.69, 9.17) is 0 Å². The Balaban J connectivity index is 1.34. The number of nitrogens with one attached hydrogen (secondary N) is 4. The normalized spacial score (nSPS) is 16.8. The molecule has 2 aromatic carbocycles. The van der Waals surface area contributed by atoms with Crippen LogP contribution in [0.15, 0.2) is 48.5 Å². The second-order valence-electron chi connectivity index (χ2n) is 9.24. The van der Waals surface area contributed by atoms with Gasteiger partial charge in [-0.05, 0) is 49.6 Å². The Labute approximate surface area is 221 Å². The van der Waals surface area contributed by atoms with Crippen LogP contribution >= 0.6 is 11.3 Å². The molecule has 9 nitrogen and oxygen atoms in total. The van der Waals surface area contributed by atoms with Crippen LogP contribution in [-0.4, -0.2) is 52.1 Å². The molecule has 38 heavy (non-hydrogen) atoms. The summed E-state index contributed by atoms with van der Waals surface area (Å²) in [6.45, 7) is 2.24. The van der Waals surface area contributed by atoms with E-state index in [1.165, 1.54) is 29.5 Å². The number of hydrogen-bond acceptors (Lipinski definition) is 6. The average Bonchev–Trinajstić information content (AvgIpc) is 3.65. The highest BCUT2D eigenvalue weighted by Crippen LogP contribution is 2.25. The highest BCUT2D eigenvalue weighted by molar-refractivity contribution is 7.20. The summed E-state index contributed by atoms with van der Waals surface area (Å²) in [7, 11) is 0. The topological polar surface area (TPSA) is 133 Å². The molecular weight excluding hydrogens is 509 g/mol. The second-order valence-corrected chi connectivity index (χ2v) is 10.3. The number of carbonyl (C=O) groups is 4. The summed E-state index contributed by atoms with van der Waals surface area (Å²) in [4.78, 5) is 59.2. The van der Waals surface area contributed by atoms with Crippen molar-refractivity contribution in [2.24, 2.45) is 5.92 Å². The number of carbonyl (C=O) groups excluding carboxylic acids is 4. The molecular formula is C27H26FN5O4S. The molecule has 0 saturated carbocycles. The first kappa shape index (κ1) is 25.5. The fourth-order valence-electron chi connectivity index (χ4n) is 4.61. The van der Waals surface area contributed by atoms with Gasteiger partial charge in [0.25, 0.3) is 5.91 Å². The highest BCUT2D eigenvalue weighted by Gasteiger charge is 2.34. The monoisotopic (exact) mass is 535 g/mol. The highest BCUT2D eigenvalue weighted by atomic mass is 32.1. The number of H-pyrrole nitrogens is 1. The summed E-state index contributed by atoms with van der Waals surface area (Å²) < 4.78 is 14.9. The number of halogens is 1. The van der Waals surface area contributed by atoms with Crippen LogP contribution in [0.5, 0.6) is 0 Å². The van der Waals surface area contributed by atoms with Gasteiger partial charge in [-0.15, -0.1) is 11.3 Å². The number of para-hydroxylation sites is 1. The summed E-state index contributed by atoms with van der Waals surface area (Å²) in [5, 5.41) is 8.70. The number of thiazole rings is 1. The minimum absolute atomic E-state index is 0.112. The first-order valence-electron chi connectivity index (χ1n) is 12.4. The van der Waals surface area contributed by atoms with Gasteiger partial charge in [0.2, 0.25) is 17.6 Å². The fourth-order valence-corrected chi connectivity index (χ4v) is 5.57. The number of ketones is 1. The molecule has 196 valence electrons. The zero-order valence-corrected chi connectivity index (χ0v) is 21.4. The Morgan fingerprint density at radius 1 is 1.13 bits per heavy atom. The lowest BCUT2D eigenvalue weighted by molar-refractivity contribution is -0.125. The van der Waals surface area contributed by atoms with E-state index >= 15 is 0 Å². The van der Waals surface area contributed by atoms with Crippen molar-refractivity contribution in [2.75, 3.05) is 6.54 Å². The lowest BCUT2D eigenvalue weighted by atomic mass is 9.95. The van der Waals surface area contributed by atoms with Crippen molar-refractivity contribution in [3.05, 3.63) is 65.0 Å². The summed E-state index contributed by atoms with van der Waals surface area (Å²) >= 11 is 1.23. The SMILES string of the molecule is CC[C@H](NC(=O)c1cc2c(F)cccc2[nH]1)C(=O)NC(C[C@@H]1CCNC1=O)C(=O)c1nc2ccccc2s1. The molecule has 0 radical (unpaired) electrons. The van der Waals surface area contributed by atoms with Gasteiger partial charge >= 0.3 is 0 Å². The minimum atomic E-state index is -0.995. The van der Waals surface area contributed by atoms with Gasteiger partial charge in [-0.1, -0.05) is 25.1 Å². The third-order valence-corrected chi connectivity index (χ3v) is 7.76. The predicted octanol–water partition coefficient (Wildman–Crippen LogP) is 3.32. The minimum Gasteiger partial charge on any atom is -0.356 e. The average molecular weight is 536 g/mol. The zero-order chi connectivity index (χ0) is 26.8. The van der Waals surface area contributed by atoms with Crippen LogP contribution in [0.25, 0.3) is 21.1 Å². The molecule has 1 fully saturated rings. The lowest BCUT2D eigenvalue weighted by Crippen LogP contribution is -2.52. The van der Waals surface area contributed by atoms with Crippen molar-refractivity contribution in [3.8, 4) is 0 Å². The predicted molar refractivity (Wildman–Crippen MR) is 141 cm³/mol. The molecule has 0 aliphatic carbocycles. The first-order valence-corrected chi connectivity index (χ1v) is 13.2. The van der Waals surface area contributed by atoms with Crippen LogP contribution < -0.4 is 16.0 Å². The Kier molecular flexibility index (Phi) is 7.19. The number of hydrogen-bond donors (Lipinski definition) is 4. The van der Waals surface area contributed by atoms with Crippen molar-refractivity contribution < 1.29 is 23.6 Å². The lowest BCUT2D eigenvalue weighted by Gasteiger charge is -2.23. The number of Topliss-reactive ketones (excluding diaryl/α,β-unsaturated/α-hetero) is 1. The van der Waals surface area contributed by atoms with Gasteiger partial charge in [-0.2, -0.15) is 0 Å². The zero-order valence-electron chi connectivity index (χ0n) is 20.5. The van der Waals surface area contributed by atoms with Crippen LogP contribution in [0.4, 0.5) is 4.39 Å². The quantitative estimate of drug-likeness (QED) is 0.244. The molecule has 3 amide bonds. The Hall–Kier alpha value is -4.12. The third kappa shape index (κ3) is 5.14. The van der Waals surface area contributed by atoms with E-state index in [2.05, 4.69) is 25.9 Å². The van der Waals surface area contributed by atoms with E-state index in [9.17, 15) is 23.6 Å². The number of benzene rings is 2. The molecule has 2 aromatic heterocycles. The van der Waals surface area contributed by atoms with E-state index in [1.807, 2.05) is 18.2 Å². The number of aromatic nitrogens is 2. The van der Waals surface area contributed by atoms with E-state index in [0.29, 0.717) is 24.0 Å². The van der Waals surface area contributed by atoms with E-state index in [1.54, 1.807) is 19.1 Å². The molecule has 4 N–H and O–H groups in total. The number of nitrogens with zero attached hydrogens (tertiary/aromatic N) is 1. The number of amides is 3. The number of rotatable bonds is 9. The summed E-state index contributed by atoms with van der Waals surface area (Å²) in [5.74, 6) is -2.56. The molecule has 1 aliphatic heterocycles. The molecule has 11 heteroatoms. The molecule has 3 atom stereocenters. The van der Waals surface area contributed by atoms with Gasteiger partial charge in [0.05, 0.1) is 16.3 Å². The second kappa shape index (κ2) is 10.7. The molecule has 4 aromatic rings. The molecule has 0 spiro atoms. The van der Waals surface area contributed by atoms with Crippen LogP contribution in [0.1, 0.15) is 46.5 Å². The van der Waals surface area contributed by atoms with Crippen molar-refractivity contribution in [1.82, 2.24) is 25.9 Å². The molecule has 0 bridgehead atoms. The van der Waals surface area contributed by atoms with Gasteiger partial charge < -0.3 is 20.9 Å². The maximum Gasteiger partial charge on any atom is 0.268 e. The van der Waals surface area contributed by atoms with Gasteiger partial charge in [0.1, 0.15) is 17.6 Å². The van der Waals surface area contributed by atoms with Gasteiger partial charge in [0, 0.05) is 23.4 Å². The largest absolute Gasteiger partial charge is 0.356 e. The van der Waals surface area contributed by atoms with Crippen molar-refractivity contribution in [2.45, 2.75) is 38.3 Å². The maximum atomic E-state index is 14.1. The van der Waals surface area contributed by atoms with E-state index in [0.717, 1.165) is 4.70 Å². The van der Waals surface area contributed by atoms with E-state index < -0.39 is 35.6 Å². The molecule has 1 aliphatic rings. The van der Waals surface area contributed by atoms with Crippen LogP contribution in [0.2, 0.25) is 0 Å². The van der Waals surface area contributed by atoms with E-state index in [-0.39, 0.29) is 40.6 Å². The van der Waals surface area contributed by atoms with Crippen LogP contribution in [0.3, 0.4) is 0 Å². The molecule has 5 rings (SSSR count). The first-order chi connectivity index (χ1) is 18.3. The maximum absolute atomic E-state index is 14.1. The van der Waals surface area contributed by atoms with Crippen molar-refractivity contribution >= 4 is 56.0 Å². The third-order valence-electron chi connectivity index (χ3n) is 6.71. The summed E-state index contributed by atoms with van der Waals surface area (Å²) in [5.41, 5.74) is 1.25. The Bertz CT molecular complexity index is 1510. The number of aromatic amines is 1.